The number of ether oxygens (including phenoxy) is 4. The Bertz CT molecular complexity index is 1150. The average Bonchev–Trinajstić information content (AvgIpc) is 3.02. The Morgan fingerprint density at radius 3 is 1.54 bits per heavy atom. The Morgan fingerprint density at radius 1 is 0.783 bits per heavy atom. The van der Waals surface area contributed by atoms with Gasteiger partial charge in [-0.3, -0.25) is 4.79 Å². The van der Waals surface area contributed by atoms with E-state index in [2.05, 4.69) is 45.4 Å². The zero-order chi connectivity index (χ0) is 35.8. The number of carbonyl (C=O) groups excluding carboxylic acids is 8. The van der Waals surface area contributed by atoms with Crippen LogP contribution in [0.5, 0.6) is 0 Å². The fourth-order valence-corrected chi connectivity index (χ4v) is 2.91. The highest BCUT2D eigenvalue weighted by molar-refractivity contribution is 5.89. The Labute approximate surface area is 272 Å². The summed E-state index contributed by atoms with van der Waals surface area (Å²) < 4.78 is 17.9. The van der Waals surface area contributed by atoms with Crippen molar-refractivity contribution in [3.8, 4) is 0 Å². The second-order valence-electron chi connectivity index (χ2n) is 8.72. The molecule has 0 radical (unpaired) electrons. The molecule has 0 spiro atoms. The van der Waals surface area contributed by atoms with Crippen LogP contribution in [0.3, 0.4) is 0 Å². The smallest absolute Gasteiger partial charge is 0.373 e. The number of methoxy groups -OCH3 is 4. The molecule has 0 bridgehead atoms. The van der Waals surface area contributed by atoms with Crippen LogP contribution in [0, 0.1) is 31.6 Å². The van der Waals surface area contributed by atoms with Crippen LogP contribution in [-0.4, -0.2) is 64.6 Å². The largest absolute Gasteiger partial charge is 0.469 e. The lowest BCUT2D eigenvalue weighted by atomic mass is 9.81. The molecule has 12 nitrogen and oxygen atoms in total. The van der Waals surface area contributed by atoms with Gasteiger partial charge in [-0.2, -0.15) is 19.2 Å². The van der Waals surface area contributed by atoms with Crippen LogP contribution < -0.4 is 0 Å². The summed E-state index contributed by atoms with van der Waals surface area (Å²) in [5, 5.41) is 0. The van der Waals surface area contributed by atoms with Crippen LogP contribution in [0.25, 0.3) is 0 Å². The first-order valence-corrected chi connectivity index (χ1v) is 13.2. The molecule has 1 aliphatic carbocycles. The molecule has 0 aromatic heterocycles. The van der Waals surface area contributed by atoms with Crippen molar-refractivity contribution in [2.45, 2.75) is 48.5 Å². The van der Waals surface area contributed by atoms with Crippen molar-refractivity contribution in [2.24, 2.45) is 17.8 Å². The quantitative estimate of drug-likeness (QED) is 0.134. The molecule has 2 rings (SSSR count). The fraction of sp³-hybridized carbons (Fsp3) is 0.412. The first-order valence-electron chi connectivity index (χ1n) is 13.2. The maximum atomic E-state index is 11.1. The van der Waals surface area contributed by atoms with Crippen molar-refractivity contribution in [3.05, 3.63) is 84.0 Å². The Hall–Kier alpha value is -5.18. The van der Waals surface area contributed by atoms with Gasteiger partial charge in [-0.1, -0.05) is 57.7 Å². The number of carbonyl (C=O) groups is 4. The van der Waals surface area contributed by atoms with Gasteiger partial charge >= 0.3 is 36.2 Å². The van der Waals surface area contributed by atoms with Gasteiger partial charge in [0.2, 0.25) is 0 Å². The zero-order valence-corrected chi connectivity index (χ0v) is 27.3. The van der Waals surface area contributed by atoms with Crippen LogP contribution in [0.2, 0.25) is 0 Å². The van der Waals surface area contributed by atoms with Crippen molar-refractivity contribution in [1.29, 1.82) is 0 Å². The van der Waals surface area contributed by atoms with Gasteiger partial charge in [-0.25, -0.2) is 14.4 Å². The molecule has 0 saturated heterocycles. The molecule has 1 aromatic rings. The summed E-state index contributed by atoms with van der Waals surface area (Å²) in [7, 11) is 5.38. The SMILES string of the molecule is C.C=CC.COC(=O)/C=C/C=C/C(=O)OC.COC(=O)C1C=CC(C)C(C)C1.COC(=O)c1ccc(C)c(C)c1.O=C=O.O=C=O. The van der Waals surface area contributed by atoms with Crippen molar-refractivity contribution < 1.29 is 57.3 Å². The summed E-state index contributed by atoms with van der Waals surface area (Å²) >= 11 is 0. The van der Waals surface area contributed by atoms with E-state index in [9.17, 15) is 19.2 Å². The fourth-order valence-electron chi connectivity index (χ4n) is 2.91. The third-order valence-electron chi connectivity index (χ3n) is 5.58. The third-order valence-corrected chi connectivity index (χ3v) is 5.58. The van der Waals surface area contributed by atoms with Gasteiger partial charge in [-0.05, 0) is 62.3 Å². The minimum atomic E-state index is -0.468. The summed E-state index contributed by atoms with van der Waals surface area (Å²) in [6.07, 6.45) is 12.4. The van der Waals surface area contributed by atoms with Crippen LogP contribution in [0.4, 0.5) is 0 Å². The standard InChI is InChI=1S/C10H16O2.C10H12O2.C8H10O4.C3H6.2CO2.CH4/c2*1-7-4-5-9(6-8(7)2)10(11)12-3;1-11-7(9)5-3-4-6-8(10)12-2;1-3-2;2*2-1-3;/h4-5,7-9H,6H2,1-3H3;4-6H,1-3H3;3-6H,1-2H3;3H,1H2,2H3;;;1H4/b;;5-3+,6-4+;;;;. The Balaban J connectivity index is -0.000000160. The molecule has 1 aromatic carbocycles. The number of allylic oxidation sites excluding steroid dienone is 4. The second kappa shape index (κ2) is 34.3. The predicted molar refractivity (Wildman–Crippen MR) is 170 cm³/mol. The van der Waals surface area contributed by atoms with Crippen LogP contribution in [-0.2, 0) is 52.5 Å². The number of hydrogen-bond acceptors (Lipinski definition) is 12. The molecular weight excluding hydrogens is 600 g/mol. The highest BCUT2D eigenvalue weighted by Crippen LogP contribution is 2.28. The number of rotatable bonds is 5. The van der Waals surface area contributed by atoms with Gasteiger partial charge in [0.05, 0.1) is 39.9 Å². The molecule has 3 unspecified atom stereocenters. The van der Waals surface area contributed by atoms with Gasteiger partial charge in [0.25, 0.3) is 0 Å². The topological polar surface area (TPSA) is 173 Å². The normalized spacial score (nSPS) is 14.9. The maximum absolute atomic E-state index is 11.1. The molecular formula is C34H48O12. The first kappa shape index (κ1) is 50.4. The number of esters is 4. The summed E-state index contributed by atoms with van der Waals surface area (Å²) in [6.45, 7) is 13.6. The van der Waals surface area contributed by atoms with Gasteiger partial charge in [0.1, 0.15) is 0 Å². The highest BCUT2D eigenvalue weighted by Gasteiger charge is 2.25. The van der Waals surface area contributed by atoms with Gasteiger partial charge in [-0.15, -0.1) is 6.58 Å². The van der Waals surface area contributed by atoms with E-state index in [1.54, 1.807) is 12.1 Å². The minimum absolute atomic E-state index is 0. The lowest BCUT2D eigenvalue weighted by molar-refractivity contribution is -0.193. The molecule has 12 heteroatoms. The Morgan fingerprint density at radius 2 is 1.22 bits per heavy atom. The van der Waals surface area contributed by atoms with Crippen LogP contribution >= 0.6 is 0 Å². The number of benzene rings is 1. The van der Waals surface area contributed by atoms with E-state index < -0.39 is 11.9 Å². The van der Waals surface area contributed by atoms with E-state index >= 15 is 0 Å². The third kappa shape index (κ3) is 28.9. The van der Waals surface area contributed by atoms with Crippen molar-refractivity contribution in [2.75, 3.05) is 28.4 Å². The highest BCUT2D eigenvalue weighted by atomic mass is 16.5. The molecule has 0 fully saturated rings. The predicted octanol–water partition coefficient (Wildman–Crippen LogP) is 5.20. The summed E-state index contributed by atoms with van der Waals surface area (Å²) in [6, 6.07) is 5.52. The molecule has 46 heavy (non-hydrogen) atoms. The molecule has 256 valence electrons. The molecule has 3 atom stereocenters. The van der Waals surface area contributed by atoms with E-state index in [4.69, 9.17) is 19.2 Å². The molecule has 0 amide bonds. The maximum Gasteiger partial charge on any atom is 0.373 e. The van der Waals surface area contributed by atoms with Crippen molar-refractivity contribution in [3.63, 3.8) is 0 Å². The summed E-state index contributed by atoms with van der Waals surface area (Å²) in [5.74, 6) is -0.164. The van der Waals surface area contributed by atoms with E-state index in [1.807, 2.05) is 39.0 Å². The lowest BCUT2D eigenvalue weighted by Gasteiger charge is -2.24. The van der Waals surface area contributed by atoms with Crippen molar-refractivity contribution >= 4 is 36.2 Å². The Kier molecular flexibility index (Phi) is 37.6. The first-order chi connectivity index (χ1) is 21.2. The summed E-state index contributed by atoms with van der Waals surface area (Å²) in [4.78, 5) is 75.6. The van der Waals surface area contributed by atoms with Gasteiger partial charge < -0.3 is 18.9 Å². The minimum Gasteiger partial charge on any atom is -0.469 e. The van der Waals surface area contributed by atoms with Gasteiger partial charge in [0, 0.05) is 12.2 Å². The second-order valence-corrected chi connectivity index (χ2v) is 8.72. The number of hydrogen-bond donors (Lipinski definition) is 0. The molecule has 0 N–H and O–H groups in total. The lowest BCUT2D eigenvalue weighted by Crippen LogP contribution is -2.23. The van der Waals surface area contributed by atoms with E-state index in [0.717, 1.165) is 12.0 Å². The molecule has 0 saturated carbocycles. The summed E-state index contributed by atoms with van der Waals surface area (Å²) in [5.41, 5.74) is 2.90. The molecule has 1 aliphatic rings. The zero-order valence-electron chi connectivity index (χ0n) is 27.3. The van der Waals surface area contributed by atoms with Crippen LogP contribution in [0.15, 0.2) is 67.3 Å². The van der Waals surface area contributed by atoms with Crippen molar-refractivity contribution in [1.82, 2.24) is 0 Å². The average molecular weight is 649 g/mol. The monoisotopic (exact) mass is 648 g/mol. The van der Waals surface area contributed by atoms with Crippen LogP contribution in [0.1, 0.15) is 56.1 Å². The van der Waals surface area contributed by atoms with E-state index in [0.29, 0.717) is 17.4 Å². The van der Waals surface area contributed by atoms with E-state index in [1.165, 1.54) is 58.3 Å². The molecule has 0 aliphatic heterocycles. The number of aryl methyl sites for hydroxylation is 2. The molecule has 0 heterocycles. The van der Waals surface area contributed by atoms with E-state index in [-0.39, 0.29) is 37.6 Å². The van der Waals surface area contributed by atoms with Gasteiger partial charge in [0.15, 0.2) is 0 Å².